The molecule has 2 rings (SSSR count). The number of amides is 1. The number of sulfonamides is 1. The van der Waals surface area contributed by atoms with Crippen LogP contribution in [0.1, 0.15) is 24.0 Å². The Morgan fingerprint density at radius 3 is 2.33 bits per heavy atom. The van der Waals surface area contributed by atoms with Crippen molar-refractivity contribution in [2.75, 3.05) is 37.9 Å². The summed E-state index contributed by atoms with van der Waals surface area (Å²) < 4.78 is 30.6. The number of aryl methyl sites for hydroxylation is 2. The fraction of sp³-hybridized carbons (Fsp3) is 0.588. The Kier molecular flexibility index (Phi) is 6.37. The average Bonchev–Trinajstić information content (AvgIpc) is 2.52. The first-order valence-corrected chi connectivity index (χ1v) is 9.78. The fourth-order valence-corrected chi connectivity index (χ4v) is 4.41. The normalized spacial score (nSPS) is 17.0. The number of nitrogens with zero attached hydrogens (tertiary/aromatic N) is 1. The highest BCUT2D eigenvalue weighted by Crippen LogP contribution is 2.22. The lowest BCUT2D eigenvalue weighted by Gasteiger charge is -2.30. The predicted molar refractivity (Wildman–Crippen MR) is 94.5 cm³/mol. The minimum atomic E-state index is -3.29. The molecular weight excluding hydrogens is 328 g/mol. The Labute approximate surface area is 144 Å². The SMILES string of the molecule is COCCS(=O)(=O)N1CCC(C(=O)Nc2cc(C)cc(C)c2)CC1. The molecule has 7 heteroatoms. The number of hydrogen-bond donors (Lipinski definition) is 1. The van der Waals surface area contributed by atoms with Gasteiger partial charge in [0.05, 0.1) is 12.4 Å². The highest BCUT2D eigenvalue weighted by molar-refractivity contribution is 7.89. The third-order valence-electron chi connectivity index (χ3n) is 4.25. The number of carbonyl (C=O) groups excluding carboxylic acids is 1. The summed E-state index contributed by atoms with van der Waals surface area (Å²) in [5.74, 6) is -0.197. The Morgan fingerprint density at radius 1 is 1.21 bits per heavy atom. The summed E-state index contributed by atoms with van der Waals surface area (Å²) in [6, 6.07) is 5.93. The molecule has 1 saturated heterocycles. The smallest absolute Gasteiger partial charge is 0.227 e. The molecule has 0 aromatic heterocycles. The van der Waals surface area contributed by atoms with Gasteiger partial charge in [-0.3, -0.25) is 4.79 Å². The van der Waals surface area contributed by atoms with E-state index in [9.17, 15) is 13.2 Å². The molecule has 24 heavy (non-hydrogen) atoms. The van der Waals surface area contributed by atoms with Crippen LogP contribution >= 0.6 is 0 Å². The maximum absolute atomic E-state index is 12.4. The van der Waals surface area contributed by atoms with Crippen LogP contribution < -0.4 is 5.32 Å². The van der Waals surface area contributed by atoms with Crippen LogP contribution in [0.2, 0.25) is 0 Å². The zero-order valence-corrected chi connectivity index (χ0v) is 15.4. The van der Waals surface area contributed by atoms with Crippen LogP contribution in [0, 0.1) is 19.8 Å². The van der Waals surface area contributed by atoms with E-state index in [2.05, 4.69) is 11.4 Å². The molecule has 1 aromatic rings. The number of hydrogen-bond acceptors (Lipinski definition) is 4. The van der Waals surface area contributed by atoms with Crippen LogP contribution in [0.25, 0.3) is 0 Å². The maximum Gasteiger partial charge on any atom is 0.227 e. The Bertz CT molecular complexity index is 660. The lowest BCUT2D eigenvalue weighted by Crippen LogP contribution is -2.42. The van der Waals surface area contributed by atoms with Crippen molar-refractivity contribution < 1.29 is 17.9 Å². The van der Waals surface area contributed by atoms with Crippen molar-refractivity contribution in [3.05, 3.63) is 29.3 Å². The van der Waals surface area contributed by atoms with Crippen molar-refractivity contribution in [1.82, 2.24) is 4.31 Å². The van der Waals surface area contributed by atoms with Gasteiger partial charge in [-0.25, -0.2) is 12.7 Å². The monoisotopic (exact) mass is 354 g/mol. The lowest BCUT2D eigenvalue weighted by atomic mass is 9.97. The summed E-state index contributed by atoms with van der Waals surface area (Å²) in [5.41, 5.74) is 3.00. The third-order valence-corrected chi connectivity index (χ3v) is 6.09. The summed E-state index contributed by atoms with van der Waals surface area (Å²) in [7, 11) is -1.80. The fourth-order valence-electron chi connectivity index (χ4n) is 3.01. The first-order chi connectivity index (χ1) is 11.3. The van der Waals surface area contributed by atoms with Crippen molar-refractivity contribution >= 4 is 21.6 Å². The van der Waals surface area contributed by atoms with E-state index in [1.807, 2.05) is 26.0 Å². The first kappa shape index (κ1) is 18.9. The van der Waals surface area contributed by atoms with Crippen LogP contribution in [0.4, 0.5) is 5.69 Å². The van der Waals surface area contributed by atoms with Gasteiger partial charge in [0.2, 0.25) is 15.9 Å². The number of anilines is 1. The van der Waals surface area contributed by atoms with Crippen molar-refractivity contribution in [2.24, 2.45) is 5.92 Å². The van der Waals surface area contributed by atoms with Gasteiger partial charge >= 0.3 is 0 Å². The van der Waals surface area contributed by atoms with E-state index in [0.29, 0.717) is 25.9 Å². The Morgan fingerprint density at radius 2 is 1.79 bits per heavy atom. The summed E-state index contributed by atoms with van der Waals surface area (Å²) in [6.07, 6.45) is 1.09. The second-order valence-electron chi connectivity index (χ2n) is 6.35. The van der Waals surface area contributed by atoms with E-state index in [0.717, 1.165) is 16.8 Å². The zero-order chi connectivity index (χ0) is 17.7. The third kappa shape index (κ3) is 5.03. The van der Waals surface area contributed by atoms with Gasteiger partial charge < -0.3 is 10.1 Å². The molecule has 134 valence electrons. The molecule has 1 amide bonds. The highest BCUT2D eigenvalue weighted by atomic mass is 32.2. The Hall–Kier alpha value is -1.44. The molecular formula is C17H26N2O4S. The van der Waals surface area contributed by atoms with Gasteiger partial charge in [-0.05, 0) is 49.9 Å². The van der Waals surface area contributed by atoms with E-state index in [-0.39, 0.29) is 24.2 Å². The molecule has 1 heterocycles. The molecule has 1 N–H and O–H groups in total. The van der Waals surface area contributed by atoms with Gasteiger partial charge in [0.15, 0.2) is 0 Å². The topological polar surface area (TPSA) is 75.7 Å². The zero-order valence-electron chi connectivity index (χ0n) is 14.5. The van der Waals surface area contributed by atoms with Crippen LogP contribution in [0.3, 0.4) is 0 Å². The van der Waals surface area contributed by atoms with Crippen molar-refractivity contribution in [3.8, 4) is 0 Å². The molecule has 1 aromatic carbocycles. The number of benzene rings is 1. The highest BCUT2D eigenvalue weighted by Gasteiger charge is 2.30. The quantitative estimate of drug-likeness (QED) is 0.847. The number of rotatable bonds is 6. The summed E-state index contributed by atoms with van der Waals surface area (Å²) in [6.45, 7) is 4.95. The van der Waals surface area contributed by atoms with E-state index >= 15 is 0 Å². The molecule has 1 aliphatic rings. The largest absolute Gasteiger partial charge is 0.384 e. The van der Waals surface area contributed by atoms with Crippen LogP contribution in [-0.2, 0) is 19.6 Å². The molecule has 6 nitrogen and oxygen atoms in total. The van der Waals surface area contributed by atoms with E-state index in [1.54, 1.807) is 0 Å². The number of nitrogens with one attached hydrogen (secondary N) is 1. The molecule has 0 radical (unpaired) electrons. The minimum absolute atomic E-state index is 0.0110. The predicted octanol–water partition coefficient (Wildman–Crippen LogP) is 1.93. The maximum atomic E-state index is 12.4. The average molecular weight is 354 g/mol. The van der Waals surface area contributed by atoms with Crippen molar-refractivity contribution in [1.29, 1.82) is 0 Å². The molecule has 0 spiro atoms. The van der Waals surface area contributed by atoms with Crippen molar-refractivity contribution in [3.63, 3.8) is 0 Å². The second-order valence-corrected chi connectivity index (χ2v) is 8.44. The summed E-state index contributed by atoms with van der Waals surface area (Å²) in [4.78, 5) is 12.4. The lowest BCUT2D eigenvalue weighted by molar-refractivity contribution is -0.120. The summed E-state index contributed by atoms with van der Waals surface area (Å²) in [5, 5.41) is 2.95. The van der Waals surface area contributed by atoms with Gasteiger partial charge in [0.1, 0.15) is 0 Å². The Balaban J connectivity index is 1.91. The number of ether oxygens (including phenoxy) is 1. The number of methoxy groups -OCH3 is 1. The molecule has 1 fully saturated rings. The second kappa shape index (κ2) is 8.09. The van der Waals surface area contributed by atoms with Crippen LogP contribution in [0.15, 0.2) is 18.2 Å². The molecule has 1 aliphatic heterocycles. The van der Waals surface area contributed by atoms with Gasteiger partial charge in [-0.15, -0.1) is 0 Å². The first-order valence-electron chi connectivity index (χ1n) is 8.18. The molecule has 0 saturated carbocycles. The van der Waals surface area contributed by atoms with E-state index in [4.69, 9.17) is 4.74 Å². The van der Waals surface area contributed by atoms with Gasteiger partial charge in [0.25, 0.3) is 0 Å². The molecule has 0 unspecified atom stereocenters. The van der Waals surface area contributed by atoms with Gasteiger partial charge in [-0.1, -0.05) is 6.07 Å². The summed E-state index contributed by atoms with van der Waals surface area (Å²) >= 11 is 0. The van der Waals surface area contributed by atoms with E-state index in [1.165, 1.54) is 11.4 Å². The standard InChI is InChI=1S/C17H26N2O4S/c1-13-10-14(2)12-16(11-13)18-17(20)15-4-6-19(7-5-15)24(21,22)9-8-23-3/h10-12,15H,4-9H2,1-3H3,(H,18,20). The molecule has 0 atom stereocenters. The minimum Gasteiger partial charge on any atom is -0.384 e. The number of piperidine rings is 1. The molecule has 0 bridgehead atoms. The van der Waals surface area contributed by atoms with Gasteiger partial charge in [-0.2, -0.15) is 0 Å². The van der Waals surface area contributed by atoms with Gasteiger partial charge in [0, 0.05) is 31.8 Å². The van der Waals surface area contributed by atoms with Crippen LogP contribution in [-0.4, -0.2) is 51.2 Å². The van der Waals surface area contributed by atoms with E-state index < -0.39 is 10.0 Å². The number of carbonyl (C=O) groups is 1. The molecule has 0 aliphatic carbocycles. The van der Waals surface area contributed by atoms with Crippen molar-refractivity contribution in [2.45, 2.75) is 26.7 Å². The van der Waals surface area contributed by atoms with Crippen LogP contribution in [0.5, 0.6) is 0 Å².